The van der Waals surface area contributed by atoms with E-state index in [0.29, 0.717) is 6.54 Å². The van der Waals surface area contributed by atoms with Gasteiger partial charge in [-0.15, -0.1) is 6.58 Å². The fraction of sp³-hybridized carbons (Fsp3) is 0.833. The number of nitrogens with one attached hydrogen (secondary N) is 1. The minimum atomic E-state index is -0.563. The van der Waals surface area contributed by atoms with E-state index < -0.39 is 5.79 Å². The van der Waals surface area contributed by atoms with Gasteiger partial charge in [0.2, 0.25) is 0 Å². The molecule has 2 aliphatic rings. The average molecular weight is 243 g/mol. The van der Waals surface area contributed by atoms with Gasteiger partial charge in [-0.05, 0) is 13.8 Å². The second-order valence-electron chi connectivity index (χ2n) is 4.79. The molecule has 5 nitrogen and oxygen atoms in total. The van der Waals surface area contributed by atoms with Crippen LogP contribution in [0.5, 0.6) is 0 Å². The Morgan fingerprint density at radius 2 is 2.06 bits per heavy atom. The Balaban J connectivity index is 1.97. The summed E-state index contributed by atoms with van der Waals surface area (Å²) in [6.45, 7) is 8.93. The molecule has 17 heavy (non-hydrogen) atoms. The highest BCUT2D eigenvalue weighted by molar-refractivity contribution is 4.96. The van der Waals surface area contributed by atoms with Crippen LogP contribution in [0.2, 0.25) is 0 Å². The van der Waals surface area contributed by atoms with Crippen LogP contribution in [0.3, 0.4) is 0 Å². The predicted molar refractivity (Wildman–Crippen MR) is 62.6 cm³/mol. The highest BCUT2D eigenvalue weighted by atomic mass is 16.8. The Hall–Kier alpha value is -0.460. The first kappa shape index (κ1) is 13.0. The summed E-state index contributed by atoms with van der Waals surface area (Å²) in [5.74, 6) is -0.563. The van der Waals surface area contributed by atoms with Gasteiger partial charge in [0.25, 0.3) is 0 Å². The van der Waals surface area contributed by atoms with Crippen LogP contribution >= 0.6 is 0 Å². The summed E-state index contributed by atoms with van der Waals surface area (Å²) in [5, 5.41) is 3.23. The summed E-state index contributed by atoms with van der Waals surface area (Å²) < 4.78 is 22.7. The molecule has 5 heteroatoms. The molecule has 0 bridgehead atoms. The van der Waals surface area contributed by atoms with Crippen molar-refractivity contribution >= 4 is 0 Å². The first-order chi connectivity index (χ1) is 8.07. The average Bonchev–Trinajstić information content (AvgIpc) is 2.73. The fourth-order valence-electron chi connectivity index (χ4n) is 2.32. The maximum absolute atomic E-state index is 5.86. The largest absolute Gasteiger partial charge is 0.353 e. The van der Waals surface area contributed by atoms with Gasteiger partial charge >= 0.3 is 0 Å². The Labute approximate surface area is 102 Å². The Morgan fingerprint density at radius 1 is 1.35 bits per heavy atom. The van der Waals surface area contributed by atoms with Crippen LogP contribution in [0.25, 0.3) is 0 Å². The summed E-state index contributed by atoms with van der Waals surface area (Å²) in [4.78, 5) is 0. The number of hydrogen-bond acceptors (Lipinski definition) is 5. The molecule has 0 radical (unpaired) electrons. The summed E-state index contributed by atoms with van der Waals surface area (Å²) in [5.41, 5.74) is 0. The lowest BCUT2D eigenvalue weighted by molar-refractivity contribution is -0.226. The van der Waals surface area contributed by atoms with E-state index in [2.05, 4.69) is 11.9 Å². The van der Waals surface area contributed by atoms with Crippen LogP contribution < -0.4 is 5.32 Å². The molecule has 0 saturated carbocycles. The molecule has 0 amide bonds. The van der Waals surface area contributed by atoms with E-state index in [9.17, 15) is 0 Å². The van der Waals surface area contributed by atoms with Crippen LogP contribution in [0, 0.1) is 0 Å². The molecule has 3 unspecified atom stereocenters. The van der Waals surface area contributed by atoms with Crippen molar-refractivity contribution in [1.82, 2.24) is 5.32 Å². The molecule has 98 valence electrons. The topological polar surface area (TPSA) is 49.0 Å². The third-order valence-corrected chi connectivity index (χ3v) is 2.97. The van der Waals surface area contributed by atoms with Crippen molar-refractivity contribution in [3.05, 3.63) is 12.7 Å². The predicted octanol–water partition coefficient (Wildman–Crippen LogP) is 0.653. The first-order valence-electron chi connectivity index (χ1n) is 5.93. The van der Waals surface area contributed by atoms with E-state index in [4.69, 9.17) is 18.9 Å². The van der Waals surface area contributed by atoms with Crippen molar-refractivity contribution in [2.45, 2.75) is 44.2 Å². The molecular weight excluding hydrogens is 222 g/mol. The van der Waals surface area contributed by atoms with E-state index in [-0.39, 0.29) is 24.6 Å². The van der Waals surface area contributed by atoms with Crippen molar-refractivity contribution in [2.75, 3.05) is 20.2 Å². The smallest absolute Gasteiger partial charge is 0.186 e. The lowest BCUT2D eigenvalue weighted by Gasteiger charge is -2.23. The number of ether oxygens (including phenoxy) is 4. The SMILES string of the molecule is C=CCNC[C@H]1OC(OC)C2OC(C)(C)OC21. The maximum atomic E-state index is 5.86. The molecule has 2 heterocycles. The highest BCUT2D eigenvalue weighted by Crippen LogP contribution is 2.38. The van der Waals surface area contributed by atoms with Crippen molar-refractivity contribution < 1.29 is 18.9 Å². The van der Waals surface area contributed by atoms with Crippen LogP contribution in [0.1, 0.15) is 13.8 Å². The molecule has 0 aromatic carbocycles. The van der Waals surface area contributed by atoms with E-state index in [1.165, 1.54) is 0 Å². The first-order valence-corrected chi connectivity index (χ1v) is 5.93. The van der Waals surface area contributed by atoms with Crippen molar-refractivity contribution in [3.8, 4) is 0 Å². The minimum Gasteiger partial charge on any atom is -0.353 e. The third kappa shape index (κ3) is 2.69. The molecule has 2 fully saturated rings. The van der Waals surface area contributed by atoms with E-state index in [1.807, 2.05) is 19.9 Å². The number of fused-ring (bicyclic) bond motifs is 1. The van der Waals surface area contributed by atoms with Gasteiger partial charge in [0, 0.05) is 20.2 Å². The summed E-state index contributed by atoms with van der Waals surface area (Å²) in [6.07, 6.45) is 1.19. The molecule has 1 N–H and O–H groups in total. The zero-order chi connectivity index (χ0) is 12.5. The van der Waals surface area contributed by atoms with Gasteiger partial charge in [-0.25, -0.2) is 0 Å². The van der Waals surface area contributed by atoms with Crippen molar-refractivity contribution in [2.24, 2.45) is 0 Å². The van der Waals surface area contributed by atoms with Crippen LogP contribution in [0.15, 0.2) is 12.7 Å². The van der Waals surface area contributed by atoms with Crippen molar-refractivity contribution in [1.29, 1.82) is 0 Å². The van der Waals surface area contributed by atoms with Gasteiger partial charge in [-0.3, -0.25) is 0 Å². The Morgan fingerprint density at radius 3 is 2.71 bits per heavy atom. The van der Waals surface area contributed by atoms with Gasteiger partial charge in [-0.2, -0.15) is 0 Å². The molecule has 0 aliphatic carbocycles. The Kier molecular flexibility index (Phi) is 3.85. The molecule has 0 spiro atoms. The maximum Gasteiger partial charge on any atom is 0.186 e. The molecule has 0 aromatic heterocycles. The number of methoxy groups -OCH3 is 1. The normalized spacial score (nSPS) is 39.2. The fourth-order valence-corrected chi connectivity index (χ4v) is 2.32. The third-order valence-electron chi connectivity index (χ3n) is 2.97. The van der Waals surface area contributed by atoms with Gasteiger partial charge in [0.1, 0.15) is 18.3 Å². The summed E-state index contributed by atoms with van der Waals surface area (Å²) >= 11 is 0. The van der Waals surface area contributed by atoms with Crippen LogP contribution in [-0.4, -0.2) is 50.6 Å². The van der Waals surface area contributed by atoms with Crippen LogP contribution in [-0.2, 0) is 18.9 Å². The molecule has 4 atom stereocenters. The lowest BCUT2D eigenvalue weighted by atomic mass is 10.1. The van der Waals surface area contributed by atoms with E-state index in [1.54, 1.807) is 7.11 Å². The van der Waals surface area contributed by atoms with Gasteiger partial charge in [0.05, 0.1) is 0 Å². The lowest BCUT2D eigenvalue weighted by Crippen LogP contribution is -2.37. The van der Waals surface area contributed by atoms with E-state index in [0.717, 1.165) is 6.54 Å². The molecule has 2 rings (SSSR count). The van der Waals surface area contributed by atoms with Crippen molar-refractivity contribution in [3.63, 3.8) is 0 Å². The molecule has 2 aliphatic heterocycles. The summed E-state index contributed by atoms with van der Waals surface area (Å²) in [7, 11) is 1.62. The highest BCUT2D eigenvalue weighted by Gasteiger charge is 2.55. The second-order valence-corrected chi connectivity index (χ2v) is 4.79. The molecule has 2 saturated heterocycles. The van der Waals surface area contributed by atoms with E-state index >= 15 is 0 Å². The number of hydrogen-bond donors (Lipinski definition) is 1. The van der Waals surface area contributed by atoms with Gasteiger partial charge in [-0.1, -0.05) is 6.08 Å². The monoisotopic (exact) mass is 243 g/mol. The molecule has 0 aromatic rings. The number of rotatable bonds is 5. The minimum absolute atomic E-state index is 0.0494. The molecular formula is C12H21NO4. The second kappa shape index (κ2) is 5.04. The summed E-state index contributed by atoms with van der Waals surface area (Å²) in [6, 6.07) is 0. The van der Waals surface area contributed by atoms with Gasteiger partial charge < -0.3 is 24.3 Å². The quantitative estimate of drug-likeness (QED) is 0.567. The van der Waals surface area contributed by atoms with Gasteiger partial charge in [0.15, 0.2) is 12.1 Å². The Bertz CT molecular complexity index is 282. The zero-order valence-corrected chi connectivity index (χ0v) is 10.6. The standard InChI is InChI=1S/C12H21NO4/c1-5-6-13-7-8-9-10(11(14-4)15-8)17-12(2,3)16-9/h5,8-11,13H,1,6-7H2,2-4H3/t8-,9?,10?,11?/m1/s1. The van der Waals surface area contributed by atoms with Crippen LogP contribution in [0.4, 0.5) is 0 Å². The zero-order valence-electron chi connectivity index (χ0n) is 10.6.